The van der Waals surface area contributed by atoms with E-state index in [1.54, 1.807) is 48.2 Å². The molecule has 1 N–H and O–H groups in total. The standard InChI is InChI=1S/C20H21Cl2NO3/c1-20(25)8-9-23(19(24)11-14-4-2-5-15(21)10-14)13-18(20)26-17-7-3-6-16(22)12-17/h2-7,10,12,18,25H,8-9,11,13H2,1H3/t18-,20-/m0/s1. The van der Waals surface area contributed by atoms with E-state index in [-0.39, 0.29) is 12.3 Å². The van der Waals surface area contributed by atoms with Gasteiger partial charge in [-0.05, 0) is 49.2 Å². The second-order valence-corrected chi connectivity index (χ2v) is 7.69. The maximum Gasteiger partial charge on any atom is 0.227 e. The predicted molar refractivity (Wildman–Crippen MR) is 103 cm³/mol. The predicted octanol–water partition coefficient (Wildman–Crippen LogP) is 3.97. The molecule has 0 unspecified atom stereocenters. The average Bonchev–Trinajstić information content (AvgIpc) is 2.56. The van der Waals surface area contributed by atoms with E-state index in [0.29, 0.717) is 35.3 Å². The first-order valence-electron chi connectivity index (χ1n) is 8.50. The van der Waals surface area contributed by atoms with Gasteiger partial charge >= 0.3 is 0 Å². The molecular formula is C20H21Cl2NO3. The number of hydrogen-bond donors (Lipinski definition) is 1. The van der Waals surface area contributed by atoms with E-state index in [2.05, 4.69) is 0 Å². The Kier molecular flexibility index (Phi) is 5.76. The molecule has 3 rings (SSSR count). The molecule has 26 heavy (non-hydrogen) atoms. The Labute approximate surface area is 163 Å². The normalized spacial score (nSPS) is 22.9. The van der Waals surface area contributed by atoms with Gasteiger partial charge in [0, 0.05) is 16.6 Å². The smallest absolute Gasteiger partial charge is 0.227 e. The van der Waals surface area contributed by atoms with Crippen LogP contribution in [-0.2, 0) is 11.2 Å². The van der Waals surface area contributed by atoms with E-state index in [1.165, 1.54) is 0 Å². The molecule has 0 saturated carbocycles. The molecule has 2 atom stereocenters. The third kappa shape index (κ3) is 4.70. The highest BCUT2D eigenvalue weighted by Gasteiger charge is 2.40. The number of carbonyl (C=O) groups is 1. The Morgan fingerprint density at radius 3 is 2.62 bits per heavy atom. The largest absolute Gasteiger partial charge is 0.486 e. The van der Waals surface area contributed by atoms with Gasteiger partial charge in [-0.1, -0.05) is 41.4 Å². The van der Waals surface area contributed by atoms with Crippen molar-refractivity contribution in [2.24, 2.45) is 0 Å². The maximum atomic E-state index is 12.7. The molecule has 1 amide bonds. The van der Waals surface area contributed by atoms with E-state index in [9.17, 15) is 9.90 Å². The monoisotopic (exact) mass is 393 g/mol. The Morgan fingerprint density at radius 2 is 1.92 bits per heavy atom. The fourth-order valence-electron chi connectivity index (χ4n) is 3.04. The summed E-state index contributed by atoms with van der Waals surface area (Å²) < 4.78 is 5.95. The third-order valence-corrected chi connectivity index (χ3v) is 5.11. The van der Waals surface area contributed by atoms with Crippen LogP contribution in [0.15, 0.2) is 48.5 Å². The maximum absolute atomic E-state index is 12.7. The minimum atomic E-state index is -1.02. The van der Waals surface area contributed by atoms with Crippen molar-refractivity contribution in [2.75, 3.05) is 13.1 Å². The summed E-state index contributed by atoms with van der Waals surface area (Å²) in [4.78, 5) is 14.4. The number of amides is 1. The molecule has 0 aliphatic carbocycles. The fourth-order valence-corrected chi connectivity index (χ4v) is 3.43. The van der Waals surface area contributed by atoms with Gasteiger partial charge in [-0.15, -0.1) is 0 Å². The number of carbonyl (C=O) groups excluding carboxylic acids is 1. The van der Waals surface area contributed by atoms with Gasteiger partial charge in [0.25, 0.3) is 0 Å². The average molecular weight is 394 g/mol. The van der Waals surface area contributed by atoms with Gasteiger partial charge in [0.15, 0.2) is 0 Å². The number of nitrogens with zero attached hydrogens (tertiary/aromatic N) is 1. The van der Waals surface area contributed by atoms with Crippen LogP contribution in [0.1, 0.15) is 18.9 Å². The molecule has 1 heterocycles. The number of rotatable bonds is 4. The minimum Gasteiger partial charge on any atom is -0.486 e. The molecule has 2 aromatic carbocycles. The number of piperidine rings is 1. The second-order valence-electron chi connectivity index (χ2n) is 6.82. The highest BCUT2D eigenvalue weighted by molar-refractivity contribution is 6.30. The zero-order valence-corrected chi connectivity index (χ0v) is 16.0. The summed E-state index contributed by atoms with van der Waals surface area (Å²) in [7, 11) is 0. The zero-order chi connectivity index (χ0) is 18.7. The SMILES string of the molecule is C[C@]1(O)CCN(C(=O)Cc2cccc(Cl)c2)C[C@@H]1Oc1cccc(Cl)c1. The second kappa shape index (κ2) is 7.87. The van der Waals surface area contributed by atoms with Crippen molar-refractivity contribution in [3.05, 3.63) is 64.1 Å². The third-order valence-electron chi connectivity index (χ3n) is 4.64. The quantitative estimate of drug-likeness (QED) is 0.854. The van der Waals surface area contributed by atoms with Crippen LogP contribution in [0.25, 0.3) is 0 Å². The van der Waals surface area contributed by atoms with E-state index in [4.69, 9.17) is 27.9 Å². The molecule has 138 valence electrons. The molecule has 1 saturated heterocycles. The van der Waals surface area contributed by atoms with Gasteiger partial charge in [0.05, 0.1) is 13.0 Å². The van der Waals surface area contributed by atoms with Gasteiger partial charge < -0.3 is 14.7 Å². The molecule has 2 aromatic rings. The summed E-state index contributed by atoms with van der Waals surface area (Å²) in [5.41, 5.74) is -0.151. The first-order valence-corrected chi connectivity index (χ1v) is 9.26. The van der Waals surface area contributed by atoms with Crippen LogP contribution in [0.2, 0.25) is 10.0 Å². The zero-order valence-electron chi connectivity index (χ0n) is 14.5. The molecule has 1 aliphatic heterocycles. The molecule has 1 aliphatic rings. The minimum absolute atomic E-state index is 0.0116. The molecule has 0 bridgehead atoms. The van der Waals surface area contributed by atoms with Gasteiger partial charge in [-0.25, -0.2) is 0 Å². The number of ether oxygens (including phenoxy) is 1. The summed E-state index contributed by atoms with van der Waals surface area (Å²) in [6.07, 6.45) is 0.185. The van der Waals surface area contributed by atoms with E-state index < -0.39 is 11.7 Å². The highest BCUT2D eigenvalue weighted by atomic mass is 35.5. The topological polar surface area (TPSA) is 49.8 Å². The van der Waals surface area contributed by atoms with Crippen LogP contribution in [0.4, 0.5) is 0 Å². The Bertz CT molecular complexity index is 794. The van der Waals surface area contributed by atoms with Gasteiger partial charge in [0.2, 0.25) is 5.91 Å². The molecule has 6 heteroatoms. The van der Waals surface area contributed by atoms with Crippen LogP contribution >= 0.6 is 23.2 Å². The van der Waals surface area contributed by atoms with E-state index >= 15 is 0 Å². The Hall–Kier alpha value is -1.75. The van der Waals surface area contributed by atoms with Crippen LogP contribution in [0.3, 0.4) is 0 Å². The van der Waals surface area contributed by atoms with Crippen LogP contribution in [-0.4, -0.2) is 40.7 Å². The van der Waals surface area contributed by atoms with Crippen LogP contribution < -0.4 is 4.74 Å². The van der Waals surface area contributed by atoms with Crippen LogP contribution in [0.5, 0.6) is 5.75 Å². The molecular weight excluding hydrogens is 373 g/mol. The number of likely N-dealkylation sites (tertiary alicyclic amines) is 1. The molecule has 0 spiro atoms. The van der Waals surface area contributed by atoms with Crippen LogP contribution in [0, 0.1) is 0 Å². The lowest BCUT2D eigenvalue weighted by Crippen LogP contribution is -2.57. The first kappa shape index (κ1) is 19.0. The lowest BCUT2D eigenvalue weighted by Gasteiger charge is -2.42. The summed E-state index contributed by atoms with van der Waals surface area (Å²) in [6, 6.07) is 14.3. The molecule has 0 aromatic heterocycles. The highest BCUT2D eigenvalue weighted by Crippen LogP contribution is 2.28. The molecule has 4 nitrogen and oxygen atoms in total. The van der Waals surface area contributed by atoms with Gasteiger partial charge in [-0.2, -0.15) is 0 Å². The van der Waals surface area contributed by atoms with Gasteiger partial charge in [0.1, 0.15) is 17.5 Å². The lowest BCUT2D eigenvalue weighted by atomic mass is 9.90. The Morgan fingerprint density at radius 1 is 1.23 bits per heavy atom. The number of aliphatic hydroxyl groups is 1. The van der Waals surface area contributed by atoms with Crippen molar-refractivity contribution in [2.45, 2.75) is 31.5 Å². The van der Waals surface area contributed by atoms with Crippen molar-refractivity contribution in [3.63, 3.8) is 0 Å². The van der Waals surface area contributed by atoms with Crippen molar-refractivity contribution in [3.8, 4) is 5.75 Å². The lowest BCUT2D eigenvalue weighted by molar-refractivity contribution is -0.142. The van der Waals surface area contributed by atoms with Crippen molar-refractivity contribution in [1.82, 2.24) is 4.90 Å². The summed E-state index contributed by atoms with van der Waals surface area (Å²) in [5.74, 6) is 0.564. The van der Waals surface area contributed by atoms with Crippen molar-refractivity contribution in [1.29, 1.82) is 0 Å². The van der Waals surface area contributed by atoms with Crippen molar-refractivity contribution >= 4 is 29.1 Å². The fraction of sp³-hybridized carbons (Fsp3) is 0.350. The molecule has 0 radical (unpaired) electrons. The van der Waals surface area contributed by atoms with Gasteiger partial charge in [-0.3, -0.25) is 4.79 Å². The number of benzene rings is 2. The summed E-state index contributed by atoms with van der Waals surface area (Å²) in [5, 5.41) is 11.8. The Balaban J connectivity index is 1.69. The molecule has 1 fully saturated rings. The summed E-state index contributed by atoms with van der Waals surface area (Å²) in [6.45, 7) is 2.54. The van der Waals surface area contributed by atoms with E-state index in [0.717, 1.165) is 5.56 Å². The van der Waals surface area contributed by atoms with Crippen molar-refractivity contribution < 1.29 is 14.6 Å². The first-order chi connectivity index (χ1) is 12.3. The summed E-state index contributed by atoms with van der Waals surface area (Å²) >= 11 is 12.0. The number of halogens is 2. The number of hydrogen-bond acceptors (Lipinski definition) is 3. The van der Waals surface area contributed by atoms with E-state index in [1.807, 2.05) is 12.1 Å².